The minimum atomic E-state index is 0.658. The Bertz CT molecular complexity index is 783. The number of hydrogen-bond donors (Lipinski definition) is 1. The Hall–Kier alpha value is -2.24. The molecule has 0 aliphatic heterocycles. The Kier molecular flexibility index (Phi) is 5.56. The highest BCUT2D eigenvalue weighted by Gasteiger charge is 2.07. The average molecular weight is 343 g/mol. The van der Waals surface area contributed by atoms with E-state index in [4.69, 9.17) is 14.2 Å². The molecule has 0 radical (unpaired) electrons. The van der Waals surface area contributed by atoms with Crippen LogP contribution in [0, 0.1) is 0 Å². The summed E-state index contributed by atoms with van der Waals surface area (Å²) in [7, 11) is 1.67. The quantitative estimate of drug-likeness (QED) is 0.602. The Labute approximate surface area is 146 Å². The van der Waals surface area contributed by atoms with Gasteiger partial charge in [-0.1, -0.05) is 6.92 Å². The number of hydrogen-bond acceptors (Lipinski definition) is 5. The van der Waals surface area contributed by atoms with Gasteiger partial charge in [0.2, 0.25) is 0 Å². The average Bonchev–Trinajstić information content (AvgIpc) is 3.02. The van der Waals surface area contributed by atoms with Gasteiger partial charge in [0.1, 0.15) is 29.6 Å². The van der Waals surface area contributed by atoms with Crippen LogP contribution in [0.3, 0.4) is 0 Å². The Morgan fingerprint density at radius 3 is 2.50 bits per heavy atom. The van der Waals surface area contributed by atoms with Gasteiger partial charge in [-0.15, -0.1) is 11.3 Å². The number of likely N-dealkylation sites (N-methyl/N-ethyl adjacent to an activating group) is 1. The highest BCUT2D eigenvalue weighted by atomic mass is 32.1. The number of nitrogens with one attached hydrogen (secondary N) is 1. The molecule has 1 heterocycles. The summed E-state index contributed by atoms with van der Waals surface area (Å²) >= 11 is 1.64. The standard InChI is InChI=1S/C19H21NO3S/c1-3-20-10-11-22-14-4-6-15(7-5-14)23-18-13-24-19-12-16(21-2)8-9-17(18)19/h4-9,12-13,20H,3,10-11H2,1-2H3. The maximum Gasteiger partial charge on any atom is 0.145 e. The first kappa shape index (κ1) is 16.6. The van der Waals surface area contributed by atoms with Crippen molar-refractivity contribution in [3.8, 4) is 23.0 Å². The monoisotopic (exact) mass is 343 g/mol. The number of fused-ring (bicyclic) bond motifs is 1. The van der Waals surface area contributed by atoms with Crippen LogP contribution < -0.4 is 19.5 Å². The van der Waals surface area contributed by atoms with Crippen molar-refractivity contribution in [2.24, 2.45) is 0 Å². The van der Waals surface area contributed by atoms with Crippen molar-refractivity contribution in [2.75, 3.05) is 26.8 Å². The third kappa shape index (κ3) is 3.99. The lowest BCUT2D eigenvalue weighted by Gasteiger charge is -2.08. The molecule has 3 aromatic rings. The maximum atomic E-state index is 6.00. The zero-order valence-electron chi connectivity index (χ0n) is 13.9. The van der Waals surface area contributed by atoms with Crippen LogP contribution in [0.1, 0.15) is 6.92 Å². The van der Waals surface area contributed by atoms with E-state index in [0.29, 0.717) is 6.61 Å². The van der Waals surface area contributed by atoms with Gasteiger partial charge >= 0.3 is 0 Å². The molecule has 0 saturated heterocycles. The van der Waals surface area contributed by atoms with Crippen LogP contribution >= 0.6 is 11.3 Å². The molecule has 1 aromatic heterocycles. The van der Waals surface area contributed by atoms with Gasteiger partial charge in [-0.2, -0.15) is 0 Å². The zero-order chi connectivity index (χ0) is 16.8. The molecule has 2 aromatic carbocycles. The number of ether oxygens (including phenoxy) is 3. The van der Waals surface area contributed by atoms with Crippen molar-refractivity contribution >= 4 is 21.4 Å². The van der Waals surface area contributed by atoms with Gasteiger partial charge in [0, 0.05) is 22.0 Å². The predicted octanol–water partition coefficient (Wildman–Crippen LogP) is 4.69. The fourth-order valence-corrected chi connectivity index (χ4v) is 3.23. The first-order valence-corrected chi connectivity index (χ1v) is 8.85. The van der Waals surface area contributed by atoms with Gasteiger partial charge in [-0.05, 0) is 49.0 Å². The van der Waals surface area contributed by atoms with Crippen molar-refractivity contribution in [3.05, 3.63) is 47.8 Å². The second-order valence-corrected chi connectivity index (χ2v) is 6.15. The molecule has 0 bridgehead atoms. The molecule has 0 unspecified atom stereocenters. The van der Waals surface area contributed by atoms with E-state index < -0.39 is 0 Å². The van der Waals surface area contributed by atoms with E-state index in [2.05, 4.69) is 12.2 Å². The minimum absolute atomic E-state index is 0.658. The number of thiophene rings is 1. The van der Waals surface area contributed by atoms with Crippen molar-refractivity contribution in [3.63, 3.8) is 0 Å². The molecule has 0 amide bonds. The molecule has 24 heavy (non-hydrogen) atoms. The van der Waals surface area contributed by atoms with Crippen LogP contribution in [0.15, 0.2) is 47.8 Å². The van der Waals surface area contributed by atoms with Crippen LogP contribution in [0.2, 0.25) is 0 Å². The predicted molar refractivity (Wildman–Crippen MR) is 98.9 cm³/mol. The molecule has 0 atom stereocenters. The molecule has 126 valence electrons. The zero-order valence-corrected chi connectivity index (χ0v) is 14.7. The fourth-order valence-electron chi connectivity index (χ4n) is 2.34. The minimum Gasteiger partial charge on any atom is -0.497 e. The van der Waals surface area contributed by atoms with Crippen LogP contribution in [-0.2, 0) is 0 Å². The normalized spacial score (nSPS) is 10.8. The summed E-state index contributed by atoms with van der Waals surface area (Å²) in [5.74, 6) is 3.36. The molecular formula is C19H21NO3S. The Morgan fingerprint density at radius 2 is 1.75 bits per heavy atom. The summed E-state index contributed by atoms with van der Waals surface area (Å²) in [6.45, 7) is 4.54. The van der Waals surface area contributed by atoms with Crippen LogP contribution in [0.25, 0.3) is 10.1 Å². The molecule has 1 N–H and O–H groups in total. The lowest BCUT2D eigenvalue weighted by Crippen LogP contribution is -2.20. The molecule has 4 nitrogen and oxygen atoms in total. The summed E-state index contributed by atoms with van der Waals surface area (Å²) in [5, 5.41) is 6.34. The smallest absolute Gasteiger partial charge is 0.145 e. The first-order valence-electron chi connectivity index (χ1n) is 7.97. The van der Waals surface area contributed by atoms with Crippen molar-refractivity contribution in [1.29, 1.82) is 0 Å². The molecule has 0 aliphatic rings. The summed E-state index contributed by atoms with van der Waals surface area (Å²) < 4.78 is 18.1. The molecular weight excluding hydrogens is 322 g/mol. The van der Waals surface area contributed by atoms with Crippen molar-refractivity contribution in [2.45, 2.75) is 6.92 Å². The summed E-state index contributed by atoms with van der Waals surface area (Å²) in [6.07, 6.45) is 0. The van der Waals surface area contributed by atoms with Crippen LogP contribution in [0.4, 0.5) is 0 Å². The molecule has 0 aliphatic carbocycles. The van der Waals surface area contributed by atoms with Crippen LogP contribution in [0.5, 0.6) is 23.0 Å². The number of benzene rings is 2. The second-order valence-electron chi connectivity index (χ2n) is 5.24. The lowest BCUT2D eigenvalue weighted by atomic mass is 10.2. The summed E-state index contributed by atoms with van der Waals surface area (Å²) in [5.41, 5.74) is 0. The molecule has 0 saturated carbocycles. The topological polar surface area (TPSA) is 39.7 Å². The van der Waals surface area contributed by atoms with Gasteiger partial charge in [0.25, 0.3) is 0 Å². The largest absolute Gasteiger partial charge is 0.497 e. The van der Waals surface area contributed by atoms with E-state index in [1.54, 1.807) is 18.4 Å². The fraction of sp³-hybridized carbons (Fsp3) is 0.263. The SMILES string of the molecule is CCNCCOc1ccc(Oc2csc3cc(OC)ccc23)cc1. The van der Waals surface area contributed by atoms with Crippen molar-refractivity contribution < 1.29 is 14.2 Å². The molecule has 3 rings (SSSR count). The summed E-state index contributed by atoms with van der Waals surface area (Å²) in [4.78, 5) is 0. The number of rotatable bonds is 8. The van der Waals surface area contributed by atoms with E-state index in [1.807, 2.05) is 47.8 Å². The Balaban J connectivity index is 1.65. The lowest BCUT2D eigenvalue weighted by molar-refractivity contribution is 0.315. The first-order chi connectivity index (χ1) is 11.8. The highest BCUT2D eigenvalue weighted by molar-refractivity contribution is 7.17. The molecule has 0 fully saturated rings. The maximum absolute atomic E-state index is 6.00. The molecule has 0 spiro atoms. The van der Waals surface area contributed by atoms with E-state index in [9.17, 15) is 0 Å². The third-order valence-electron chi connectivity index (χ3n) is 3.60. The van der Waals surface area contributed by atoms with E-state index in [1.165, 1.54) is 0 Å². The Morgan fingerprint density at radius 1 is 1.00 bits per heavy atom. The second kappa shape index (κ2) is 8.04. The third-order valence-corrected chi connectivity index (χ3v) is 4.52. The molecule has 5 heteroatoms. The van der Waals surface area contributed by atoms with E-state index in [0.717, 1.165) is 46.2 Å². The van der Waals surface area contributed by atoms with Crippen molar-refractivity contribution in [1.82, 2.24) is 5.32 Å². The van der Waals surface area contributed by atoms with E-state index in [-0.39, 0.29) is 0 Å². The van der Waals surface area contributed by atoms with Gasteiger partial charge in [0.15, 0.2) is 0 Å². The van der Waals surface area contributed by atoms with Gasteiger partial charge in [-0.3, -0.25) is 0 Å². The van der Waals surface area contributed by atoms with Gasteiger partial charge in [-0.25, -0.2) is 0 Å². The van der Waals surface area contributed by atoms with E-state index >= 15 is 0 Å². The summed E-state index contributed by atoms with van der Waals surface area (Å²) in [6, 6.07) is 13.7. The van der Waals surface area contributed by atoms with Crippen LogP contribution in [-0.4, -0.2) is 26.8 Å². The highest BCUT2D eigenvalue weighted by Crippen LogP contribution is 2.37. The van der Waals surface area contributed by atoms with Gasteiger partial charge in [0.05, 0.1) is 7.11 Å². The number of methoxy groups -OCH3 is 1. The van der Waals surface area contributed by atoms with Gasteiger partial charge < -0.3 is 19.5 Å².